The summed E-state index contributed by atoms with van der Waals surface area (Å²) in [7, 11) is 0. The number of nitrogens with zero attached hydrogens (tertiary/aromatic N) is 5. The van der Waals surface area contributed by atoms with Gasteiger partial charge in [-0.05, 0) is 6.07 Å². The first-order valence-corrected chi connectivity index (χ1v) is 10.6. The van der Waals surface area contributed by atoms with Crippen molar-refractivity contribution in [2.24, 2.45) is 0 Å². The Morgan fingerprint density at radius 3 is 2.97 bits per heavy atom. The number of thiazole rings is 1. The third-order valence-corrected chi connectivity index (χ3v) is 6.20. The zero-order chi connectivity index (χ0) is 19.6. The van der Waals surface area contributed by atoms with E-state index in [4.69, 9.17) is 0 Å². The number of hydrogen-bond acceptors (Lipinski definition) is 8. The number of aromatic nitrogens is 4. The maximum atomic E-state index is 12.8. The monoisotopic (exact) mass is 410 g/mol. The van der Waals surface area contributed by atoms with Crippen molar-refractivity contribution in [2.45, 2.75) is 13.0 Å². The molecule has 5 rings (SSSR count). The molecule has 3 aromatic rings. The van der Waals surface area contributed by atoms with Crippen molar-refractivity contribution in [1.82, 2.24) is 25.5 Å². The fourth-order valence-corrected chi connectivity index (χ4v) is 4.58. The number of aromatic amines is 1. The Morgan fingerprint density at radius 2 is 2.07 bits per heavy atom. The van der Waals surface area contributed by atoms with Crippen LogP contribution in [-0.2, 0) is 13.0 Å². The molecular formula is C19H22N8OS. The van der Waals surface area contributed by atoms with E-state index < -0.39 is 0 Å². The quantitative estimate of drug-likeness (QED) is 0.599. The Balaban J connectivity index is 1.30. The minimum atomic E-state index is -0.210. The summed E-state index contributed by atoms with van der Waals surface area (Å²) in [6.45, 7) is 5.28. The van der Waals surface area contributed by atoms with Crippen LogP contribution < -0.4 is 20.4 Å². The molecule has 9 nitrogen and oxygen atoms in total. The van der Waals surface area contributed by atoms with E-state index in [0.29, 0.717) is 5.69 Å². The van der Waals surface area contributed by atoms with Gasteiger partial charge >= 0.3 is 0 Å². The van der Waals surface area contributed by atoms with Gasteiger partial charge in [-0.15, -0.1) is 11.3 Å². The Morgan fingerprint density at radius 1 is 1.17 bits per heavy atom. The van der Waals surface area contributed by atoms with Crippen LogP contribution in [0.25, 0.3) is 0 Å². The summed E-state index contributed by atoms with van der Waals surface area (Å²) < 4.78 is 0. The molecule has 150 valence electrons. The van der Waals surface area contributed by atoms with Crippen LogP contribution in [0.3, 0.4) is 0 Å². The molecule has 3 N–H and O–H groups in total. The molecule has 0 bridgehead atoms. The molecule has 1 fully saturated rings. The van der Waals surface area contributed by atoms with Crippen LogP contribution in [-0.4, -0.2) is 58.8 Å². The van der Waals surface area contributed by atoms with Crippen molar-refractivity contribution >= 4 is 33.8 Å². The van der Waals surface area contributed by atoms with E-state index in [2.05, 4.69) is 40.6 Å². The SMILES string of the molecule is O=C(Nc1cnccc1N1CCNCC1)c1csc(N2CCc3[nH]ncc3C2)n1. The third kappa shape index (κ3) is 3.68. The standard InChI is InChI=1S/C19H22N8OS/c28-18(23-15-10-21-3-1-17(15)26-7-4-20-5-8-26)16-12-29-19(24-16)27-6-2-14-13(11-27)9-22-25-14/h1,3,9-10,12,20H,2,4-8,11H2,(H,22,25)(H,23,28). The van der Waals surface area contributed by atoms with Gasteiger partial charge in [0.05, 0.1) is 23.8 Å². The molecule has 10 heteroatoms. The fraction of sp³-hybridized carbons (Fsp3) is 0.368. The first-order chi connectivity index (χ1) is 14.3. The molecular weight excluding hydrogens is 388 g/mol. The number of anilines is 3. The second-order valence-corrected chi connectivity index (χ2v) is 7.98. The van der Waals surface area contributed by atoms with Crippen molar-refractivity contribution < 1.29 is 4.79 Å². The van der Waals surface area contributed by atoms with Gasteiger partial charge in [-0.25, -0.2) is 4.98 Å². The Labute approximate surface area is 172 Å². The van der Waals surface area contributed by atoms with Gasteiger partial charge in [-0.3, -0.25) is 14.9 Å². The van der Waals surface area contributed by atoms with E-state index in [1.54, 1.807) is 12.4 Å². The molecule has 29 heavy (non-hydrogen) atoms. The van der Waals surface area contributed by atoms with Crippen LogP contribution in [0.15, 0.2) is 30.0 Å². The summed E-state index contributed by atoms with van der Waals surface area (Å²) in [6.07, 6.45) is 6.23. The lowest BCUT2D eigenvalue weighted by Gasteiger charge is -2.30. The zero-order valence-electron chi connectivity index (χ0n) is 15.9. The van der Waals surface area contributed by atoms with Crippen molar-refractivity contribution in [3.63, 3.8) is 0 Å². The summed E-state index contributed by atoms with van der Waals surface area (Å²) in [5, 5.41) is 16.2. The van der Waals surface area contributed by atoms with Crippen LogP contribution in [0.1, 0.15) is 21.7 Å². The number of rotatable bonds is 4. The van der Waals surface area contributed by atoms with Crippen LogP contribution >= 0.6 is 11.3 Å². The lowest BCUT2D eigenvalue weighted by atomic mass is 10.1. The van der Waals surface area contributed by atoms with Crippen LogP contribution in [0.2, 0.25) is 0 Å². The molecule has 0 aliphatic carbocycles. The van der Waals surface area contributed by atoms with Crippen molar-refractivity contribution in [1.29, 1.82) is 0 Å². The smallest absolute Gasteiger partial charge is 0.275 e. The first kappa shape index (κ1) is 18.1. The van der Waals surface area contributed by atoms with Crippen LogP contribution in [0.5, 0.6) is 0 Å². The average molecular weight is 411 g/mol. The largest absolute Gasteiger partial charge is 0.367 e. The summed E-state index contributed by atoms with van der Waals surface area (Å²) in [4.78, 5) is 26.1. The van der Waals surface area contributed by atoms with Crippen molar-refractivity contribution in [3.8, 4) is 0 Å². The van der Waals surface area contributed by atoms with E-state index in [1.165, 1.54) is 22.6 Å². The van der Waals surface area contributed by atoms with Crippen molar-refractivity contribution in [3.05, 3.63) is 47.0 Å². The summed E-state index contributed by atoms with van der Waals surface area (Å²) in [5.41, 5.74) is 4.52. The molecule has 2 aliphatic rings. The van der Waals surface area contributed by atoms with E-state index in [0.717, 1.165) is 62.2 Å². The second kappa shape index (κ2) is 7.80. The van der Waals surface area contributed by atoms with E-state index >= 15 is 0 Å². The molecule has 0 unspecified atom stereocenters. The molecule has 0 radical (unpaired) electrons. The Kier molecular flexibility index (Phi) is 4.86. The molecule has 2 aliphatic heterocycles. The number of pyridine rings is 1. The second-order valence-electron chi connectivity index (χ2n) is 7.14. The van der Waals surface area contributed by atoms with Gasteiger partial charge in [-0.2, -0.15) is 5.10 Å². The third-order valence-electron chi connectivity index (χ3n) is 5.30. The van der Waals surface area contributed by atoms with E-state index in [1.807, 2.05) is 17.6 Å². The summed E-state index contributed by atoms with van der Waals surface area (Å²) in [6, 6.07) is 1.95. The van der Waals surface area contributed by atoms with Crippen molar-refractivity contribution in [2.75, 3.05) is 47.8 Å². The molecule has 1 amide bonds. The number of fused-ring (bicyclic) bond motifs is 1. The molecule has 1 saturated heterocycles. The highest BCUT2D eigenvalue weighted by Gasteiger charge is 2.22. The minimum absolute atomic E-state index is 0.210. The lowest BCUT2D eigenvalue weighted by molar-refractivity contribution is 0.102. The minimum Gasteiger partial charge on any atom is -0.367 e. The van der Waals surface area contributed by atoms with E-state index in [9.17, 15) is 4.79 Å². The van der Waals surface area contributed by atoms with Gasteiger partial charge in [0.1, 0.15) is 5.69 Å². The number of carbonyl (C=O) groups excluding carboxylic acids is 1. The highest BCUT2D eigenvalue weighted by molar-refractivity contribution is 7.13. The number of nitrogens with one attached hydrogen (secondary N) is 3. The normalized spacial score (nSPS) is 16.6. The molecule has 5 heterocycles. The topological polar surface area (TPSA) is 102 Å². The Bertz CT molecular complexity index is 1010. The van der Waals surface area contributed by atoms with Crippen LogP contribution in [0, 0.1) is 0 Å². The number of hydrogen-bond donors (Lipinski definition) is 3. The molecule has 0 aromatic carbocycles. The molecule has 0 atom stereocenters. The van der Waals surface area contributed by atoms with Gasteiger partial charge in [0.2, 0.25) is 0 Å². The van der Waals surface area contributed by atoms with E-state index in [-0.39, 0.29) is 5.91 Å². The zero-order valence-corrected chi connectivity index (χ0v) is 16.7. The number of amides is 1. The predicted octanol–water partition coefficient (Wildman–Crippen LogP) is 1.49. The number of H-pyrrole nitrogens is 1. The fourth-order valence-electron chi connectivity index (χ4n) is 3.75. The Hall–Kier alpha value is -2.98. The van der Waals surface area contributed by atoms with Gasteiger partial charge in [0.15, 0.2) is 5.13 Å². The van der Waals surface area contributed by atoms with Gasteiger partial charge in [-0.1, -0.05) is 0 Å². The van der Waals surface area contributed by atoms with Gasteiger partial charge in [0.25, 0.3) is 5.91 Å². The lowest BCUT2D eigenvalue weighted by Crippen LogP contribution is -2.43. The van der Waals surface area contributed by atoms with Gasteiger partial charge in [0, 0.05) is 68.5 Å². The number of carbonyl (C=O) groups is 1. The molecule has 3 aromatic heterocycles. The summed E-state index contributed by atoms with van der Waals surface area (Å²) >= 11 is 1.49. The van der Waals surface area contributed by atoms with Gasteiger partial charge < -0.3 is 20.4 Å². The highest BCUT2D eigenvalue weighted by Crippen LogP contribution is 2.28. The predicted molar refractivity (Wildman–Crippen MR) is 113 cm³/mol. The maximum absolute atomic E-state index is 12.8. The number of piperazine rings is 1. The summed E-state index contributed by atoms with van der Waals surface area (Å²) in [5.74, 6) is -0.210. The average Bonchev–Trinajstić information content (AvgIpc) is 3.44. The van der Waals surface area contributed by atoms with Crippen LogP contribution in [0.4, 0.5) is 16.5 Å². The highest BCUT2D eigenvalue weighted by atomic mass is 32.1. The maximum Gasteiger partial charge on any atom is 0.275 e. The first-order valence-electron chi connectivity index (χ1n) is 9.70. The molecule has 0 spiro atoms. The molecule has 0 saturated carbocycles.